The van der Waals surface area contributed by atoms with Crippen molar-refractivity contribution in [2.45, 2.75) is 31.4 Å². The number of aromatic nitrogens is 1. The lowest BCUT2D eigenvalue weighted by Gasteiger charge is -2.35. The van der Waals surface area contributed by atoms with Crippen molar-refractivity contribution in [3.8, 4) is 11.5 Å². The normalized spacial score (nSPS) is 23.4. The molecule has 1 aromatic heterocycles. The molecule has 2 aromatic rings. The number of hydrogen-bond donors (Lipinski definition) is 1. The molecule has 0 radical (unpaired) electrons. The summed E-state index contributed by atoms with van der Waals surface area (Å²) < 4.78 is 11.3. The van der Waals surface area contributed by atoms with E-state index in [9.17, 15) is 4.79 Å². The Morgan fingerprint density at radius 1 is 1.32 bits per heavy atom. The van der Waals surface area contributed by atoms with Crippen molar-refractivity contribution in [1.29, 1.82) is 0 Å². The fourth-order valence-electron chi connectivity index (χ4n) is 3.57. The van der Waals surface area contributed by atoms with E-state index in [1.54, 1.807) is 6.26 Å². The number of rotatable bonds is 5. The van der Waals surface area contributed by atoms with Crippen LogP contribution in [0.5, 0.6) is 0 Å². The average Bonchev–Trinajstić information content (AvgIpc) is 3.29. The predicted octanol–water partition coefficient (Wildman–Crippen LogP) is 1.86. The summed E-state index contributed by atoms with van der Waals surface area (Å²) in [6.45, 7) is 3.39. The molecule has 2 aliphatic rings. The molecule has 25 heavy (non-hydrogen) atoms. The number of nitrogens with one attached hydrogen (secondary N) is 1. The maximum atomic E-state index is 12.2. The van der Waals surface area contributed by atoms with Crippen LogP contribution in [-0.4, -0.2) is 54.2 Å². The molecule has 1 N–H and O–H groups in total. The highest BCUT2D eigenvalue weighted by atomic mass is 16.5. The summed E-state index contributed by atoms with van der Waals surface area (Å²) in [6, 6.07) is 10.3. The molecular weight excluding hydrogens is 318 g/mol. The molecular formula is C19H23N3O3. The van der Waals surface area contributed by atoms with E-state index in [1.165, 1.54) is 12.8 Å². The highest BCUT2D eigenvalue weighted by molar-refractivity contribution is 5.78. The van der Waals surface area contributed by atoms with E-state index in [0.717, 1.165) is 25.3 Å². The number of carbonyl (C=O) groups is 1. The second-order valence-corrected chi connectivity index (χ2v) is 6.74. The monoisotopic (exact) mass is 341 g/mol. The van der Waals surface area contributed by atoms with E-state index in [2.05, 4.69) is 15.2 Å². The molecule has 1 amide bonds. The number of amides is 1. The predicted molar refractivity (Wildman–Crippen MR) is 93.0 cm³/mol. The van der Waals surface area contributed by atoms with Gasteiger partial charge in [0.25, 0.3) is 0 Å². The number of carbonyl (C=O) groups excluding carboxylic acids is 1. The van der Waals surface area contributed by atoms with Gasteiger partial charge < -0.3 is 14.5 Å². The van der Waals surface area contributed by atoms with Gasteiger partial charge in [-0.05, 0) is 31.5 Å². The third-order valence-corrected chi connectivity index (χ3v) is 4.90. The highest BCUT2D eigenvalue weighted by Gasteiger charge is 2.32. The number of hydrogen-bond acceptors (Lipinski definition) is 5. The SMILES string of the molecule is O=C(Cc1coc(-c2ccccc2)n1)NC[C@@H]1CN2CCC[C@@H]2CO1. The zero-order valence-electron chi connectivity index (χ0n) is 14.2. The van der Waals surface area contributed by atoms with Crippen molar-refractivity contribution in [2.24, 2.45) is 0 Å². The molecule has 3 heterocycles. The molecule has 2 saturated heterocycles. The van der Waals surface area contributed by atoms with Gasteiger partial charge in [-0.25, -0.2) is 4.98 Å². The van der Waals surface area contributed by atoms with Gasteiger partial charge in [0, 0.05) is 24.7 Å². The standard InChI is InChI=1S/C19H23N3O3/c23-18(20-10-17-11-22-8-4-7-16(22)13-24-17)9-15-12-25-19(21-15)14-5-2-1-3-6-14/h1-3,5-6,12,16-17H,4,7-11,13H2,(H,20,23)/t16-,17-/m1/s1. The van der Waals surface area contributed by atoms with Gasteiger partial charge in [0.15, 0.2) is 0 Å². The Balaban J connectivity index is 1.26. The first kappa shape index (κ1) is 16.3. The fourth-order valence-corrected chi connectivity index (χ4v) is 3.57. The smallest absolute Gasteiger partial charge is 0.226 e. The van der Waals surface area contributed by atoms with Crippen LogP contribution in [0.4, 0.5) is 0 Å². The van der Waals surface area contributed by atoms with Gasteiger partial charge in [-0.1, -0.05) is 18.2 Å². The van der Waals surface area contributed by atoms with E-state index in [-0.39, 0.29) is 18.4 Å². The van der Waals surface area contributed by atoms with Crippen molar-refractivity contribution in [3.05, 3.63) is 42.3 Å². The summed E-state index contributed by atoms with van der Waals surface area (Å²) in [5, 5.41) is 2.96. The third-order valence-electron chi connectivity index (χ3n) is 4.90. The van der Waals surface area contributed by atoms with Gasteiger partial charge in [0.2, 0.25) is 11.8 Å². The first-order chi connectivity index (χ1) is 12.3. The number of benzene rings is 1. The Morgan fingerprint density at radius 3 is 3.08 bits per heavy atom. The molecule has 0 bridgehead atoms. The minimum absolute atomic E-state index is 0.0555. The van der Waals surface area contributed by atoms with E-state index < -0.39 is 0 Å². The number of morpholine rings is 1. The maximum Gasteiger partial charge on any atom is 0.226 e. The van der Waals surface area contributed by atoms with E-state index in [0.29, 0.717) is 24.2 Å². The molecule has 6 nitrogen and oxygen atoms in total. The molecule has 132 valence electrons. The Bertz CT molecular complexity index is 716. The molecule has 0 aliphatic carbocycles. The van der Waals surface area contributed by atoms with Gasteiger partial charge in [-0.3, -0.25) is 9.69 Å². The molecule has 2 atom stereocenters. The van der Waals surface area contributed by atoms with Crippen LogP contribution in [0.25, 0.3) is 11.5 Å². The number of fused-ring (bicyclic) bond motifs is 1. The van der Waals surface area contributed by atoms with Gasteiger partial charge >= 0.3 is 0 Å². The average molecular weight is 341 g/mol. The van der Waals surface area contributed by atoms with Crippen LogP contribution in [0.3, 0.4) is 0 Å². The number of nitrogens with zero attached hydrogens (tertiary/aromatic N) is 2. The van der Waals surface area contributed by atoms with Crippen LogP contribution in [0, 0.1) is 0 Å². The van der Waals surface area contributed by atoms with Crippen molar-refractivity contribution >= 4 is 5.91 Å². The van der Waals surface area contributed by atoms with Crippen LogP contribution < -0.4 is 5.32 Å². The topological polar surface area (TPSA) is 67.6 Å². The Kier molecular flexibility index (Phi) is 4.81. The van der Waals surface area contributed by atoms with Gasteiger partial charge in [-0.15, -0.1) is 0 Å². The van der Waals surface area contributed by atoms with Crippen molar-refractivity contribution in [1.82, 2.24) is 15.2 Å². The summed E-state index contributed by atoms with van der Waals surface area (Å²) in [5.74, 6) is 0.485. The first-order valence-corrected chi connectivity index (χ1v) is 8.90. The largest absolute Gasteiger partial charge is 0.444 e. The summed E-state index contributed by atoms with van der Waals surface area (Å²) in [5.41, 5.74) is 1.55. The minimum atomic E-state index is -0.0555. The van der Waals surface area contributed by atoms with Crippen LogP contribution >= 0.6 is 0 Å². The van der Waals surface area contributed by atoms with Crippen LogP contribution in [-0.2, 0) is 16.0 Å². The number of oxazole rings is 1. The molecule has 2 aliphatic heterocycles. The summed E-state index contributed by atoms with van der Waals surface area (Å²) >= 11 is 0. The van der Waals surface area contributed by atoms with Gasteiger partial charge in [0.1, 0.15) is 6.26 Å². The van der Waals surface area contributed by atoms with Crippen molar-refractivity contribution < 1.29 is 13.9 Å². The molecule has 2 fully saturated rings. The minimum Gasteiger partial charge on any atom is -0.444 e. The lowest BCUT2D eigenvalue weighted by atomic mass is 10.2. The summed E-state index contributed by atoms with van der Waals surface area (Å²) in [6.07, 6.45) is 4.33. The molecule has 1 aromatic carbocycles. The quantitative estimate of drug-likeness (QED) is 0.899. The second kappa shape index (κ2) is 7.37. The van der Waals surface area contributed by atoms with Crippen LogP contribution in [0.15, 0.2) is 41.0 Å². The van der Waals surface area contributed by atoms with Gasteiger partial charge in [-0.2, -0.15) is 0 Å². The zero-order valence-corrected chi connectivity index (χ0v) is 14.2. The van der Waals surface area contributed by atoms with Crippen LogP contribution in [0.1, 0.15) is 18.5 Å². The highest BCUT2D eigenvalue weighted by Crippen LogP contribution is 2.22. The molecule has 0 unspecified atom stereocenters. The first-order valence-electron chi connectivity index (χ1n) is 8.90. The molecule has 6 heteroatoms. The van der Waals surface area contributed by atoms with E-state index >= 15 is 0 Å². The molecule has 0 spiro atoms. The lowest BCUT2D eigenvalue weighted by molar-refractivity contribution is -0.122. The Hall–Kier alpha value is -2.18. The van der Waals surface area contributed by atoms with Crippen LogP contribution in [0.2, 0.25) is 0 Å². The van der Waals surface area contributed by atoms with E-state index in [4.69, 9.17) is 9.15 Å². The van der Waals surface area contributed by atoms with E-state index in [1.807, 2.05) is 30.3 Å². The Labute approximate surface area is 147 Å². The van der Waals surface area contributed by atoms with Crippen molar-refractivity contribution in [2.75, 3.05) is 26.2 Å². The molecule has 4 rings (SSSR count). The zero-order chi connectivity index (χ0) is 17.1. The molecule has 0 saturated carbocycles. The van der Waals surface area contributed by atoms with Crippen molar-refractivity contribution in [3.63, 3.8) is 0 Å². The summed E-state index contributed by atoms with van der Waals surface area (Å²) in [4.78, 5) is 19.0. The number of ether oxygens (including phenoxy) is 1. The maximum absolute atomic E-state index is 12.2. The second-order valence-electron chi connectivity index (χ2n) is 6.74. The van der Waals surface area contributed by atoms with Gasteiger partial charge in [0.05, 0.1) is 24.8 Å². The lowest BCUT2D eigenvalue weighted by Crippen LogP contribution is -2.50. The fraction of sp³-hybridized carbons (Fsp3) is 0.474. The Morgan fingerprint density at radius 2 is 2.20 bits per heavy atom. The third kappa shape index (κ3) is 3.91. The summed E-state index contributed by atoms with van der Waals surface area (Å²) in [7, 11) is 0.